The van der Waals surface area contributed by atoms with E-state index in [9.17, 15) is 14.4 Å². The second kappa shape index (κ2) is 20.7. The van der Waals surface area contributed by atoms with E-state index in [0.717, 1.165) is 103 Å². The molecule has 3 aromatic heterocycles. The van der Waals surface area contributed by atoms with Crippen LogP contribution in [-0.4, -0.2) is 160 Å². The fraction of sp³-hybridized carbons (Fsp3) is 0.644. The molecule has 2 aliphatic carbocycles. The number of amides is 4. The quantitative estimate of drug-likeness (QED) is 0.122. The third-order valence-corrected chi connectivity index (χ3v) is 19.4. The molecule has 1 aromatic carbocycles. The molecule has 7 fully saturated rings. The molecule has 5 saturated heterocycles. The summed E-state index contributed by atoms with van der Waals surface area (Å²) >= 11 is 1.46. The van der Waals surface area contributed by atoms with Crippen LogP contribution in [0.3, 0.4) is 0 Å². The van der Waals surface area contributed by atoms with Crippen molar-refractivity contribution in [2.24, 2.45) is 22.7 Å². The molecule has 18 heteroatoms. The zero-order chi connectivity index (χ0) is 53.5. The summed E-state index contributed by atoms with van der Waals surface area (Å²) in [6.07, 6.45) is 10.9. The second-order valence-electron chi connectivity index (χ2n) is 25.1. The van der Waals surface area contributed by atoms with Gasteiger partial charge in [-0.1, -0.05) is 46.6 Å². The number of likely N-dealkylation sites (N-methyl/N-ethyl adjacent to an activating group) is 1. The average molecular weight is 1070 g/mol. The van der Waals surface area contributed by atoms with E-state index in [0.29, 0.717) is 69.2 Å². The minimum Gasteiger partial charge on any atom is -0.464 e. The summed E-state index contributed by atoms with van der Waals surface area (Å²) in [6.45, 7) is 17.4. The molecule has 17 nitrogen and oxygen atoms in total. The van der Waals surface area contributed by atoms with Crippen LogP contribution >= 0.6 is 11.3 Å². The maximum Gasteiger partial charge on any atom is 0.324 e. The highest BCUT2D eigenvalue weighted by atomic mass is 32.1. The minimum atomic E-state index is -1.04. The minimum absolute atomic E-state index is 0.0529. The number of aryl methyl sites for hydroxylation is 1. The highest BCUT2D eigenvalue weighted by molar-refractivity contribution is 7.10. The Kier molecular flexibility index (Phi) is 14.0. The average Bonchev–Trinajstić information content (AvgIpc) is 4.25. The van der Waals surface area contributed by atoms with E-state index >= 15 is 9.59 Å². The van der Waals surface area contributed by atoms with Crippen molar-refractivity contribution in [3.63, 3.8) is 0 Å². The van der Waals surface area contributed by atoms with Crippen LogP contribution < -0.4 is 21.0 Å². The number of fused-ring (bicyclic) bond motifs is 6. The number of nitrogens with one attached hydrogen (secondary N) is 3. The van der Waals surface area contributed by atoms with Crippen LogP contribution in [0.1, 0.15) is 121 Å². The van der Waals surface area contributed by atoms with Crippen molar-refractivity contribution in [1.82, 2.24) is 50.3 Å². The van der Waals surface area contributed by atoms with E-state index in [-0.39, 0.29) is 60.6 Å². The standard InChI is InChI=1S/C59H79N11O6S/c1-7-68-46-17-16-38-27-40(46)42(52(68)41-28-39(31-60-48(41)35(2)3)66-25-23-65(6)24-26-66)30-58(4,5)34-76-56(74)43-13-10-20-70(64-43)54(72)44(29-47-61-45(38)32-77-47)62-53(71)51(37-11-8-9-12-37)69-22-19-59(57(69)75)18-21-67(33-59)55(73)50-49(63-50)36-14-15-36/h16-17,27-28,31-32,35-37,43-44,49-51,63-64H,7-15,18-26,29-30,33-34H2,1-6H3,(H,62,71)/t43-,44-,49+,50+,51-,59-/m0/s1. The molecule has 9 heterocycles. The lowest BCUT2D eigenvalue weighted by Gasteiger charge is -2.37. The number of cyclic esters (lactones) is 1. The van der Waals surface area contributed by atoms with Crippen molar-refractivity contribution in [1.29, 1.82) is 0 Å². The summed E-state index contributed by atoms with van der Waals surface area (Å²) < 4.78 is 8.70. The SMILES string of the molecule is CCn1c(-c2cc(N3CCN(C)CC3)cnc2C(C)C)c2c3cc(ccc31)-c1csc(n1)C[C@H](NC(=O)[C@H](C1CCCC1)N1CC[C@]3(CCN(C(=O)[C@@H]4N[C@@H]4C4CC4)C3)C1=O)C(=O)N1CCC[C@H](N1)C(=O)OCC(C)(C)C2. The van der Waals surface area contributed by atoms with Crippen LogP contribution in [0.25, 0.3) is 33.4 Å². The van der Waals surface area contributed by atoms with Crippen LogP contribution in [0.2, 0.25) is 0 Å². The molecule has 4 aromatic rings. The van der Waals surface area contributed by atoms with Gasteiger partial charge in [0.05, 0.1) is 46.0 Å². The normalized spacial score (nSPS) is 27.8. The molecule has 6 atom stereocenters. The molecule has 6 aliphatic heterocycles. The van der Waals surface area contributed by atoms with Crippen molar-refractivity contribution in [2.45, 2.75) is 154 Å². The maximum absolute atomic E-state index is 15.2. The zero-order valence-electron chi connectivity index (χ0n) is 46.1. The fourth-order valence-corrected chi connectivity index (χ4v) is 14.8. The van der Waals surface area contributed by atoms with Crippen molar-refractivity contribution in [3.05, 3.63) is 52.1 Å². The van der Waals surface area contributed by atoms with E-state index < -0.39 is 34.9 Å². The van der Waals surface area contributed by atoms with Crippen molar-refractivity contribution >= 4 is 57.5 Å². The number of aromatic nitrogens is 3. The number of likely N-dealkylation sites (tertiary alicyclic amines) is 2. The van der Waals surface area contributed by atoms with Crippen LogP contribution in [0.4, 0.5) is 5.69 Å². The number of pyridine rings is 1. The van der Waals surface area contributed by atoms with Gasteiger partial charge in [-0.25, -0.2) is 10.4 Å². The summed E-state index contributed by atoms with van der Waals surface area (Å²) in [5, 5.41) is 12.0. The number of anilines is 1. The highest BCUT2D eigenvalue weighted by Gasteiger charge is 2.58. The van der Waals surface area contributed by atoms with Crippen molar-refractivity contribution in [3.8, 4) is 22.5 Å². The molecule has 6 bridgehead atoms. The van der Waals surface area contributed by atoms with Gasteiger partial charge in [0.2, 0.25) is 17.7 Å². The molecule has 4 amide bonds. The van der Waals surface area contributed by atoms with E-state index in [2.05, 4.69) is 96.4 Å². The number of benzene rings is 1. The first-order chi connectivity index (χ1) is 37.1. The lowest BCUT2D eigenvalue weighted by molar-refractivity contribution is -0.155. The van der Waals surface area contributed by atoms with Gasteiger partial charge in [-0.15, -0.1) is 11.3 Å². The van der Waals surface area contributed by atoms with Crippen LogP contribution in [-0.2, 0) is 48.1 Å². The van der Waals surface area contributed by atoms with Crippen molar-refractivity contribution < 1.29 is 28.7 Å². The Morgan fingerprint density at radius 1 is 0.948 bits per heavy atom. The lowest BCUT2D eigenvalue weighted by atomic mass is 9.84. The number of hydrazine groups is 1. The number of piperazine rings is 1. The molecule has 1 spiro atoms. The molecule has 0 radical (unpaired) electrons. The number of carbonyl (C=O) groups excluding carboxylic acids is 5. The highest BCUT2D eigenvalue weighted by Crippen LogP contribution is 2.47. The first-order valence-electron chi connectivity index (χ1n) is 29.0. The Labute approximate surface area is 457 Å². The maximum atomic E-state index is 15.2. The lowest BCUT2D eigenvalue weighted by Crippen LogP contribution is -2.62. The number of ether oxygens (including phenoxy) is 1. The molecule has 2 saturated carbocycles. The number of esters is 1. The van der Waals surface area contributed by atoms with Gasteiger partial charge in [0, 0.05) is 104 Å². The van der Waals surface area contributed by atoms with Gasteiger partial charge in [-0.05, 0) is 113 Å². The Hall–Kier alpha value is -5.43. The summed E-state index contributed by atoms with van der Waals surface area (Å²) in [7, 11) is 2.17. The molecule has 77 heavy (non-hydrogen) atoms. The van der Waals surface area contributed by atoms with Crippen LogP contribution in [0.15, 0.2) is 35.8 Å². The van der Waals surface area contributed by atoms with E-state index in [1.807, 2.05) is 16.5 Å². The Balaban J connectivity index is 0.876. The fourth-order valence-electron chi connectivity index (χ4n) is 14.0. The summed E-state index contributed by atoms with van der Waals surface area (Å²) in [4.78, 5) is 91.8. The Morgan fingerprint density at radius 3 is 2.48 bits per heavy atom. The predicted molar refractivity (Wildman–Crippen MR) is 297 cm³/mol. The van der Waals surface area contributed by atoms with Gasteiger partial charge in [-0.2, -0.15) is 0 Å². The Bertz CT molecular complexity index is 2950. The van der Waals surface area contributed by atoms with Crippen LogP contribution in [0.5, 0.6) is 0 Å². The number of carbonyl (C=O) groups is 5. The molecule has 412 valence electrons. The molecular formula is C59H79N11O6S. The first-order valence-corrected chi connectivity index (χ1v) is 29.9. The largest absolute Gasteiger partial charge is 0.464 e. The number of thiazole rings is 1. The summed E-state index contributed by atoms with van der Waals surface area (Å²) in [5.41, 5.74) is 10.5. The van der Waals surface area contributed by atoms with Gasteiger partial charge in [0.25, 0.3) is 5.91 Å². The second-order valence-corrected chi connectivity index (χ2v) is 26.0. The molecule has 12 rings (SSSR count). The zero-order valence-corrected chi connectivity index (χ0v) is 46.9. The van der Waals surface area contributed by atoms with E-state index in [1.54, 1.807) is 4.90 Å². The number of rotatable bonds is 10. The molecule has 8 aliphatic rings. The third kappa shape index (κ3) is 10.1. The molecule has 3 N–H and O–H groups in total. The van der Waals surface area contributed by atoms with E-state index in [4.69, 9.17) is 14.7 Å². The van der Waals surface area contributed by atoms with Gasteiger partial charge >= 0.3 is 5.97 Å². The van der Waals surface area contributed by atoms with Gasteiger partial charge < -0.3 is 34.2 Å². The number of hydrogen-bond donors (Lipinski definition) is 3. The van der Waals surface area contributed by atoms with Crippen LogP contribution in [0, 0.1) is 22.7 Å². The van der Waals surface area contributed by atoms with Gasteiger partial charge in [0.1, 0.15) is 24.2 Å². The monoisotopic (exact) mass is 1070 g/mol. The summed E-state index contributed by atoms with van der Waals surface area (Å²) in [6, 6.07) is 6.51. The number of hydrogen-bond acceptors (Lipinski definition) is 13. The molecular weight excluding hydrogens is 991 g/mol. The third-order valence-electron chi connectivity index (χ3n) is 18.6. The van der Waals surface area contributed by atoms with Crippen molar-refractivity contribution in [2.75, 3.05) is 70.9 Å². The van der Waals surface area contributed by atoms with E-state index in [1.165, 1.54) is 34.8 Å². The summed E-state index contributed by atoms with van der Waals surface area (Å²) in [5.74, 6) is -0.377. The number of nitrogens with zero attached hydrogens (tertiary/aromatic N) is 8. The predicted octanol–water partition coefficient (Wildman–Crippen LogP) is 6.13. The van der Waals surface area contributed by atoms with Gasteiger partial charge in [-0.3, -0.25) is 39.3 Å². The first kappa shape index (κ1) is 52.3. The van der Waals surface area contributed by atoms with Gasteiger partial charge in [0.15, 0.2) is 0 Å². The molecule has 0 unspecified atom stereocenters. The Morgan fingerprint density at radius 2 is 1.73 bits per heavy atom. The smallest absolute Gasteiger partial charge is 0.324 e. The topological polar surface area (TPSA) is 187 Å².